The van der Waals surface area contributed by atoms with Gasteiger partial charge in [0.25, 0.3) is 5.89 Å². The summed E-state index contributed by atoms with van der Waals surface area (Å²) in [6.07, 6.45) is 1.08. The summed E-state index contributed by atoms with van der Waals surface area (Å²) in [5.41, 5.74) is 6.04. The molecule has 3 heterocycles. The summed E-state index contributed by atoms with van der Waals surface area (Å²) in [5.74, 6) is 2.16. The van der Waals surface area contributed by atoms with Crippen molar-refractivity contribution in [3.63, 3.8) is 0 Å². The van der Waals surface area contributed by atoms with Crippen LogP contribution < -0.4 is 5.73 Å². The van der Waals surface area contributed by atoms with E-state index in [1.807, 2.05) is 0 Å². The summed E-state index contributed by atoms with van der Waals surface area (Å²) >= 11 is 3.25. The van der Waals surface area contributed by atoms with Gasteiger partial charge in [-0.2, -0.15) is 0 Å². The summed E-state index contributed by atoms with van der Waals surface area (Å²) in [7, 11) is 0. The van der Waals surface area contributed by atoms with Crippen LogP contribution >= 0.6 is 15.9 Å². The first-order valence-electron chi connectivity index (χ1n) is 6.66. The van der Waals surface area contributed by atoms with E-state index < -0.39 is 0 Å². The second-order valence-electron chi connectivity index (χ2n) is 5.40. The van der Waals surface area contributed by atoms with Crippen LogP contribution in [0, 0.1) is 5.92 Å². The fourth-order valence-electron chi connectivity index (χ4n) is 2.68. The van der Waals surface area contributed by atoms with Gasteiger partial charge in [-0.25, -0.2) is 0 Å². The third kappa shape index (κ3) is 3.11. The zero-order chi connectivity index (χ0) is 14.1. The Morgan fingerprint density at radius 1 is 1.35 bits per heavy atom. The van der Waals surface area contributed by atoms with Gasteiger partial charge in [0.05, 0.1) is 6.54 Å². The number of furan rings is 1. The van der Waals surface area contributed by atoms with Gasteiger partial charge in [-0.15, -0.1) is 10.2 Å². The Bertz CT molecular complexity index is 572. The fraction of sp³-hybridized carbons (Fsp3) is 0.538. The largest absolute Gasteiger partial charge is 0.444 e. The minimum Gasteiger partial charge on any atom is -0.444 e. The molecule has 2 aromatic heterocycles. The molecule has 1 aliphatic rings. The Morgan fingerprint density at radius 2 is 2.20 bits per heavy atom. The smallest absolute Gasteiger partial charge is 0.283 e. The second kappa shape index (κ2) is 5.67. The number of piperidine rings is 1. The van der Waals surface area contributed by atoms with Crippen molar-refractivity contribution in [2.24, 2.45) is 11.7 Å². The number of halogens is 1. The third-order valence-corrected chi connectivity index (χ3v) is 3.80. The molecule has 0 radical (unpaired) electrons. The van der Waals surface area contributed by atoms with Gasteiger partial charge in [-0.05, 0) is 40.4 Å². The van der Waals surface area contributed by atoms with Crippen molar-refractivity contribution in [2.75, 3.05) is 13.1 Å². The molecule has 0 aromatic carbocycles. The lowest BCUT2D eigenvalue weighted by Crippen LogP contribution is -2.45. The molecule has 6 nitrogen and oxygen atoms in total. The minimum absolute atomic E-state index is 0.224. The molecule has 1 aliphatic heterocycles. The molecule has 7 heteroatoms. The van der Waals surface area contributed by atoms with Crippen LogP contribution in [-0.4, -0.2) is 34.2 Å². The number of likely N-dealkylation sites (tertiary alicyclic amines) is 1. The average molecular weight is 341 g/mol. The molecule has 0 saturated carbocycles. The predicted octanol–water partition coefficient (Wildman–Crippen LogP) is 2.26. The monoisotopic (exact) mass is 340 g/mol. The van der Waals surface area contributed by atoms with Crippen molar-refractivity contribution in [3.05, 3.63) is 22.7 Å². The Balaban J connectivity index is 1.68. The molecule has 2 atom stereocenters. The lowest BCUT2D eigenvalue weighted by atomic mass is 9.97. The highest BCUT2D eigenvalue weighted by Gasteiger charge is 2.24. The molecule has 0 spiro atoms. The summed E-state index contributed by atoms with van der Waals surface area (Å²) < 4.78 is 11.7. The number of rotatable bonds is 3. The summed E-state index contributed by atoms with van der Waals surface area (Å²) in [6, 6.07) is 3.81. The zero-order valence-corrected chi connectivity index (χ0v) is 12.8. The molecule has 1 saturated heterocycles. The standard InChI is InChI=1S/C13H17BrN4O2/c1-8-4-9(15)6-18(5-8)7-12-16-17-13(20-12)10-2-3-11(14)19-10/h2-3,8-9H,4-7,15H2,1H3. The highest BCUT2D eigenvalue weighted by atomic mass is 79.9. The van der Waals surface area contributed by atoms with Crippen LogP contribution in [0.4, 0.5) is 0 Å². The molecule has 2 aromatic rings. The van der Waals surface area contributed by atoms with Gasteiger partial charge in [0, 0.05) is 19.1 Å². The molecule has 108 valence electrons. The number of hydrogen-bond acceptors (Lipinski definition) is 6. The van der Waals surface area contributed by atoms with E-state index in [1.54, 1.807) is 12.1 Å². The molecule has 0 aliphatic carbocycles. The number of nitrogens with zero attached hydrogens (tertiary/aromatic N) is 3. The van der Waals surface area contributed by atoms with Gasteiger partial charge in [0.1, 0.15) is 0 Å². The van der Waals surface area contributed by atoms with Crippen LogP contribution in [0.5, 0.6) is 0 Å². The van der Waals surface area contributed by atoms with Gasteiger partial charge in [-0.1, -0.05) is 6.92 Å². The molecular formula is C13H17BrN4O2. The van der Waals surface area contributed by atoms with Crippen LogP contribution in [0.1, 0.15) is 19.2 Å². The van der Waals surface area contributed by atoms with E-state index in [4.69, 9.17) is 14.6 Å². The highest BCUT2D eigenvalue weighted by molar-refractivity contribution is 9.10. The van der Waals surface area contributed by atoms with Gasteiger partial charge in [-0.3, -0.25) is 4.90 Å². The van der Waals surface area contributed by atoms with E-state index in [0.29, 0.717) is 34.7 Å². The number of aromatic nitrogens is 2. The molecule has 1 fully saturated rings. The second-order valence-corrected chi connectivity index (χ2v) is 6.18. The summed E-state index contributed by atoms with van der Waals surface area (Å²) in [5, 5.41) is 8.09. The van der Waals surface area contributed by atoms with Crippen LogP contribution in [0.25, 0.3) is 11.7 Å². The van der Waals surface area contributed by atoms with E-state index in [0.717, 1.165) is 19.5 Å². The molecule has 0 amide bonds. The van der Waals surface area contributed by atoms with Crippen LogP contribution in [0.3, 0.4) is 0 Å². The summed E-state index contributed by atoms with van der Waals surface area (Å²) in [4.78, 5) is 2.26. The summed E-state index contributed by atoms with van der Waals surface area (Å²) in [6.45, 7) is 4.73. The average Bonchev–Trinajstić information content (AvgIpc) is 2.96. The zero-order valence-electron chi connectivity index (χ0n) is 11.3. The van der Waals surface area contributed by atoms with E-state index in [1.165, 1.54) is 0 Å². The van der Waals surface area contributed by atoms with Crippen LogP contribution in [0.15, 0.2) is 25.6 Å². The normalized spacial score (nSPS) is 24.1. The van der Waals surface area contributed by atoms with Crippen LogP contribution in [0.2, 0.25) is 0 Å². The van der Waals surface area contributed by atoms with Crippen molar-refractivity contribution in [3.8, 4) is 11.7 Å². The van der Waals surface area contributed by atoms with Gasteiger partial charge >= 0.3 is 0 Å². The van der Waals surface area contributed by atoms with Crippen molar-refractivity contribution in [2.45, 2.75) is 25.9 Å². The first-order valence-corrected chi connectivity index (χ1v) is 7.45. The Labute approximate surface area is 125 Å². The quantitative estimate of drug-likeness (QED) is 0.922. The van der Waals surface area contributed by atoms with Crippen molar-refractivity contribution in [1.29, 1.82) is 0 Å². The van der Waals surface area contributed by atoms with E-state index in [-0.39, 0.29) is 6.04 Å². The Kier molecular flexibility index (Phi) is 3.91. The Hall–Kier alpha value is -1.18. The predicted molar refractivity (Wildman–Crippen MR) is 76.7 cm³/mol. The Morgan fingerprint density at radius 3 is 2.90 bits per heavy atom. The number of hydrogen-bond donors (Lipinski definition) is 1. The van der Waals surface area contributed by atoms with Gasteiger partial charge < -0.3 is 14.6 Å². The first-order chi connectivity index (χ1) is 9.60. The van der Waals surface area contributed by atoms with Crippen LogP contribution in [-0.2, 0) is 6.54 Å². The third-order valence-electron chi connectivity index (χ3n) is 3.38. The topological polar surface area (TPSA) is 81.3 Å². The van der Waals surface area contributed by atoms with Gasteiger partial charge in [0.2, 0.25) is 5.89 Å². The first kappa shape index (κ1) is 13.8. The molecule has 20 heavy (non-hydrogen) atoms. The van der Waals surface area contributed by atoms with Crippen molar-refractivity contribution < 1.29 is 8.83 Å². The lowest BCUT2D eigenvalue weighted by molar-refractivity contribution is 0.146. The number of nitrogens with two attached hydrogens (primary N) is 1. The molecular weight excluding hydrogens is 324 g/mol. The minimum atomic E-state index is 0.224. The maximum Gasteiger partial charge on any atom is 0.283 e. The highest BCUT2D eigenvalue weighted by Crippen LogP contribution is 2.24. The van der Waals surface area contributed by atoms with E-state index in [2.05, 4.69) is 38.0 Å². The van der Waals surface area contributed by atoms with E-state index in [9.17, 15) is 0 Å². The molecule has 0 bridgehead atoms. The maximum atomic E-state index is 6.04. The molecule has 2 N–H and O–H groups in total. The van der Waals surface area contributed by atoms with Crippen molar-refractivity contribution >= 4 is 15.9 Å². The van der Waals surface area contributed by atoms with E-state index >= 15 is 0 Å². The molecule has 2 unspecified atom stereocenters. The van der Waals surface area contributed by atoms with Gasteiger partial charge in [0.15, 0.2) is 10.4 Å². The lowest BCUT2D eigenvalue weighted by Gasteiger charge is -2.33. The maximum absolute atomic E-state index is 6.04. The fourth-order valence-corrected chi connectivity index (χ4v) is 2.99. The molecule has 3 rings (SSSR count). The SMILES string of the molecule is CC1CC(N)CN(Cc2nnc(-c3ccc(Br)o3)o2)C1. The van der Waals surface area contributed by atoms with Crippen molar-refractivity contribution in [1.82, 2.24) is 15.1 Å².